The average Bonchev–Trinajstić information content (AvgIpc) is 3.26. The van der Waals surface area contributed by atoms with Crippen molar-refractivity contribution in [1.29, 1.82) is 0 Å². The molecule has 6 heteroatoms. The third-order valence-corrected chi connectivity index (χ3v) is 6.22. The smallest absolute Gasteiger partial charge is 0.230 e. The van der Waals surface area contributed by atoms with E-state index in [2.05, 4.69) is 26.0 Å². The molecule has 6 nitrogen and oxygen atoms in total. The van der Waals surface area contributed by atoms with Gasteiger partial charge in [0, 0.05) is 20.1 Å². The first-order valence-corrected chi connectivity index (χ1v) is 9.44. The fourth-order valence-electron chi connectivity index (χ4n) is 4.63. The van der Waals surface area contributed by atoms with Gasteiger partial charge in [0.1, 0.15) is 5.60 Å². The van der Waals surface area contributed by atoms with Crippen molar-refractivity contribution in [3.8, 4) is 0 Å². The minimum atomic E-state index is -0.693. The van der Waals surface area contributed by atoms with Gasteiger partial charge >= 0.3 is 0 Å². The van der Waals surface area contributed by atoms with E-state index in [0.29, 0.717) is 13.1 Å². The lowest BCUT2D eigenvalue weighted by atomic mass is 9.76. The number of amides is 2. The second-order valence-electron chi connectivity index (χ2n) is 8.00. The van der Waals surface area contributed by atoms with Crippen LogP contribution in [0.3, 0.4) is 0 Å². The van der Waals surface area contributed by atoms with Gasteiger partial charge in [0.15, 0.2) is 0 Å². The van der Waals surface area contributed by atoms with Gasteiger partial charge in [0.2, 0.25) is 11.8 Å². The minimum Gasteiger partial charge on any atom is -0.395 e. The first kappa shape index (κ1) is 18.2. The Hall–Kier alpha value is -2.18. The number of carbonyl (C=O) groups excluding carboxylic acids is 2. The summed E-state index contributed by atoms with van der Waals surface area (Å²) in [4.78, 5) is 29.4. The van der Waals surface area contributed by atoms with Gasteiger partial charge in [-0.1, -0.05) is 30.4 Å². The lowest BCUT2D eigenvalue weighted by Gasteiger charge is -2.27. The molecule has 4 rings (SSSR count). The molecule has 2 saturated heterocycles. The Morgan fingerprint density at radius 2 is 2.15 bits per heavy atom. The van der Waals surface area contributed by atoms with Gasteiger partial charge in [-0.3, -0.25) is 9.59 Å². The fraction of sp³-hybridized carbons (Fsp3) is 0.524. The van der Waals surface area contributed by atoms with Gasteiger partial charge in [-0.25, -0.2) is 0 Å². The van der Waals surface area contributed by atoms with E-state index in [1.54, 1.807) is 7.05 Å². The molecule has 144 valence electrons. The van der Waals surface area contributed by atoms with Crippen molar-refractivity contribution in [3.63, 3.8) is 0 Å². The lowest BCUT2D eigenvalue weighted by molar-refractivity contribution is -0.142. The van der Waals surface area contributed by atoms with Crippen LogP contribution in [0.1, 0.15) is 16.7 Å². The quantitative estimate of drug-likeness (QED) is 0.786. The summed E-state index contributed by atoms with van der Waals surface area (Å²) in [5.41, 5.74) is 2.82. The molecule has 1 aromatic carbocycles. The van der Waals surface area contributed by atoms with Crippen LogP contribution < -0.4 is 0 Å². The Bertz CT molecular complexity index is 820. The summed E-state index contributed by atoms with van der Waals surface area (Å²) in [6.45, 7) is 5.29. The molecule has 0 unspecified atom stereocenters. The second-order valence-corrected chi connectivity index (χ2v) is 8.00. The molecular weight excluding hydrogens is 344 g/mol. The van der Waals surface area contributed by atoms with E-state index >= 15 is 0 Å². The Morgan fingerprint density at radius 3 is 2.85 bits per heavy atom. The molecule has 3 aliphatic rings. The van der Waals surface area contributed by atoms with Crippen LogP contribution in [0, 0.1) is 25.7 Å². The molecule has 1 aromatic rings. The number of hydrogen-bond acceptors (Lipinski definition) is 4. The van der Waals surface area contributed by atoms with Crippen LogP contribution in [0.4, 0.5) is 0 Å². The zero-order valence-corrected chi connectivity index (χ0v) is 16.0. The van der Waals surface area contributed by atoms with E-state index in [0.717, 1.165) is 5.56 Å². The van der Waals surface area contributed by atoms with Crippen LogP contribution >= 0.6 is 0 Å². The SMILES string of the molecule is Cc1ccc(CN2C[C@]34C=C[C@H](O3)[C@H](C(=O)N(C)CCO)[C@H]4C2=O)cc1C. The number of ether oxygens (including phenoxy) is 1. The highest BCUT2D eigenvalue weighted by Gasteiger charge is 2.67. The molecule has 2 fully saturated rings. The molecule has 2 bridgehead atoms. The predicted molar refractivity (Wildman–Crippen MR) is 99.8 cm³/mol. The van der Waals surface area contributed by atoms with E-state index in [1.807, 2.05) is 23.1 Å². The summed E-state index contributed by atoms with van der Waals surface area (Å²) >= 11 is 0. The van der Waals surface area contributed by atoms with Crippen molar-refractivity contribution < 1.29 is 19.4 Å². The number of rotatable bonds is 5. The van der Waals surface area contributed by atoms with Crippen LogP contribution in [-0.2, 0) is 20.9 Å². The number of aliphatic hydroxyl groups excluding tert-OH is 1. The molecule has 4 atom stereocenters. The summed E-state index contributed by atoms with van der Waals surface area (Å²) in [7, 11) is 1.66. The maximum atomic E-state index is 13.2. The van der Waals surface area contributed by atoms with Crippen LogP contribution in [0.25, 0.3) is 0 Å². The predicted octanol–water partition coefficient (Wildman–Crippen LogP) is 1.04. The van der Waals surface area contributed by atoms with E-state index in [1.165, 1.54) is 16.0 Å². The third-order valence-electron chi connectivity index (χ3n) is 6.22. The van der Waals surface area contributed by atoms with Gasteiger partial charge in [0.25, 0.3) is 0 Å². The number of carbonyl (C=O) groups is 2. The maximum absolute atomic E-state index is 13.2. The number of benzene rings is 1. The summed E-state index contributed by atoms with van der Waals surface area (Å²) < 4.78 is 6.14. The minimum absolute atomic E-state index is 0.0178. The van der Waals surface area contributed by atoms with Crippen molar-refractivity contribution in [2.24, 2.45) is 11.8 Å². The standard InChI is InChI=1S/C21H26N2O4/c1-13-4-5-15(10-14(13)2)11-23-12-21-7-6-16(27-21)17(18(21)20(23)26)19(25)22(3)8-9-24/h4-7,10,16-18,24H,8-9,11-12H2,1-3H3/t16-,17-,18-,21-/m0/s1. The topological polar surface area (TPSA) is 70.1 Å². The molecule has 0 saturated carbocycles. The molecule has 27 heavy (non-hydrogen) atoms. The lowest BCUT2D eigenvalue weighted by Crippen LogP contribution is -2.45. The van der Waals surface area contributed by atoms with Gasteiger partial charge < -0.3 is 19.6 Å². The molecule has 1 N–H and O–H groups in total. The van der Waals surface area contributed by atoms with E-state index in [4.69, 9.17) is 9.84 Å². The summed E-state index contributed by atoms with van der Waals surface area (Å²) in [6, 6.07) is 6.23. The monoisotopic (exact) mass is 370 g/mol. The molecular formula is C21H26N2O4. The van der Waals surface area contributed by atoms with Gasteiger partial charge in [-0.15, -0.1) is 0 Å². The van der Waals surface area contributed by atoms with Crippen molar-refractivity contribution >= 4 is 11.8 Å². The Balaban J connectivity index is 1.57. The third kappa shape index (κ3) is 2.78. The van der Waals surface area contributed by atoms with Crippen LogP contribution in [0.5, 0.6) is 0 Å². The average molecular weight is 370 g/mol. The number of fused-ring (bicyclic) bond motifs is 1. The molecule has 0 radical (unpaired) electrons. The first-order valence-electron chi connectivity index (χ1n) is 9.44. The number of likely N-dealkylation sites (N-methyl/N-ethyl adjacent to an activating group) is 1. The van der Waals surface area contributed by atoms with E-state index in [-0.39, 0.29) is 31.1 Å². The Kier molecular flexibility index (Phi) is 4.35. The molecule has 2 amide bonds. The van der Waals surface area contributed by atoms with Gasteiger partial charge in [-0.05, 0) is 30.5 Å². The highest BCUT2D eigenvalue weighted by Crippen LogP contribution is 2.52. The zero-order valence-electron chi connectivity index (χ0n) is 16.0. The highest BCUT2D eigenvalue weighted by molar-refractivity contribution is 5.93. The molecule has 0 aliphatic carbocycles. The van der Waals surface area contributed by atoms with Crippen LogP contribution in [0.15, 0.2) is 30.4 Å². The van der Waals surface area contributed by atoms with E-state index in [9.17, 15) is 9.59 Å². The van der Waals surface area contributed by atoms with Crippen molar-refractivity contribution in [3.05, 3.63) is 47.0 Å². The fourth-order valence-corrected chi connectivity index (χ4v) is 4.63. The molecule has 0 aromatic heterocycles. The number of hydrogen-bond donors (Lipinski definition) is 1. The highest BCUT2D eigenvalue weighted by atomic mass is 16.5. The van der Waals surface area contributed by atoms with E-state index < -0.39 is 17.4 Å². The molecule has 3 heterocycles. The Morgan fingerprint density at radius 1 is 1.37 bits per heavy atom. The number of nitrogens with zero attached hydrogens (tertiary/aromatic N) is 2. The van der Waals surface area contributed by atoms with Gasteiger partial charge in [0.05, 0.1) is 31.1 Å². The van der Waals surface area contributed by atoms with Crippen LogP contribution in [-0.4, -0.2) is 65.2 Å². The molecule has 3 aliphatic heterocycles. The van der Waals surface area contributed by atoms with Crippen molar-refractivity contribution in [1.82, 2.24) is 9.80 Å². The van der Waals surface area contributed by atoms with Crippen molar-refractivity contribution in [2.45, 2.75) is 32.1 Å². The largest absolute Gasteiger partial charge is 0.395 e. The Labute approximate surface area is 159 Å². The number of aliphatic hydroxyl groups is 1. The van der Waals surface area contributed by atoms with Gasteiger partial charge in [-0.2, -0.15) is 0 Å². The number of likely N-dealkylation sites (tertiary alicyclic amines) is 1. The number of aryl methyl sites for hydroxylation is 2. The first-order chi connectivity index (χ1) is 12.9. The molecule has 1 spiro atoms. The summed E-state index contributed by atoms with van der Waals surface area (Å²) in [5.74, 6) is -1.14. The van der Waals surface area contributed by atoms with Crippen LogP contribution in [0.2, 0.25) is 0 Å². The maximum Gasteiger partial charge on any atom is 0.230 e. The summed E-state index contributed by atoms with van der Waals surface area (Å²) in [5, 5.41) is 9.13. The van der Waals surface area contributed by atoms with Crippen molar-refractivity contribution in [2.75, 3.05) is 26.7 Å². The normalized spacial score (nSPS) is 30.9. The second kappa shape index (κ2) is 6.46. The summed E-state index contributed by atoms with van der Waals surface area (Å²) in [6.07, 6.45) is 3.53. The zero-order chi connectivity index (χ0) is 19.3.